The van der Waals surface area contributed by atoms with Crippen molar-refractivity contribution < 1.29 is 13.9 Å². The summed E-state index contributed by atoms with van der Waals surface area (Å²) >= 11 is 0. The van der Waals surface area contributed by atoms with E-state index >= 15 is 0 Å². The maximum absolute atomic E-state index is 13.2. The molecule has 1 aromatic carbocycles. The van der Waals surface area contributed by atoms with Gasteiger partial charge in [-0.1, -0.05) is 18.2 Å². The monoisotopic (exact) mass is 276 g/mol. The number of methoxy groups -OCH3 is 1. The van der Waals surface area contributed by atoms with Gasteiger partial charge in [-0.2, -0.15) is 0 Å². The lowest BCUT2D eigenvalue weighted by atomic mass is 10.2. The van der Waals surface area contributed by atoms with Crippen molar-refractivity contribution in [2.24, 2.45) is 0 Å². The molecule has 1 rings (SSSR count). The predicted octanol–water partition coefficient (Wildman–Crippen LogP) is 1.10. The lowest BCUT2D eigenvalue weighted by Gasteiger charge is -2.07. The van der Waals surface area contributed by atoms with Gasteiger partial charge in [0.2, 0.25) is 5.91 Å². The summed E-state index contributed by atoms with van der Waals surface area (Å²) < 4.78 is 18.0. The zero-order valence-corrected chi connectivity index (χ0v) is 11.1. The highest BCUT2D eigenvalue weighted by Crippen LogP contribution is 2.04. The normalized spacial score (nSPS) is 9.67. The van der Waals surface area contributed by atoms with E-state index in [0.717, 1.165) is 0 Å². The first-order valence-corrected chi connectivity index (χ1v) is 5.44. The summed E-state index contributed by atoms with van der Waals surface area (Å²) in [5.74, 6) is -0.468. The maximum atomic E-state index is 13.2. The van der Waals surface area contributed by atoms with Crippen molar-refractivity contribution in [2.45, 2.75) is 6.54 Å². The Bertz CT molecular complexity index is 364. The molecule has 2 N–H and O–H groups in total. The molecule has 0 aliphatic rings. The minimum absolute atomic E-state index is 0. The van der Waals surface area contributed by atoms with Crippen LogP contribution in [0, 0.1) is 5.82 Å². The van der Waals surface area contributed by atoms with E-state index in [1.165, 1.54) is 6.07 Å². The Morgan fingerprint density at radius 2 is 2.11 bits per heavy atom. The fraction of sp³-hybridized carbons (Fsp3) is 0.417. The summed E-state index contributed by atoms with van der Waals surface area (Å²) in [6.45, 7) is 1.58. The number of nitrogens with one attached hydrogen (secondary N) is 2. The van der Waals surface area contributed by atoms with Gasteiger partial charge in [0.1, 0.15) is 5.82 Å². The highest BCUT2D eigenvalue weighted by molar-refractivity contribution is 5.85. The van der Waals surface area contributed by atoms with Crippen LogP contribution in [-0.4, -0.2) is 32.7 Å². The minimum atomic E-state index is -0.305. The molecule has 0 unspecified atom stereocenters. The van der Waals surface area contributed by atoms with Gasteiger partial charge in [0.25, 0.3) is 0 Å². The van der Waals surface area contributed by atoms with Crippen LogP contribution in [0.3, 0.4) is 0 Å². The molecular formula is C12H18ClFN2O2. The zero-order chi connectivity index (χ0) is 12.5. The molecule has 18 heavy (non-hydrogen) atoms. The van der Waals surface area contributed by atoms with Gasteiger partial charge in [-0.25, -0.2) is 4.39 Å². The number of carbonyl (C=O) groups is 1. The van der Waals surface area contributed by atoms with E-state index < -0.39 is 0 Å². The number of carbonyl (C=O) groups excluding carboxylic acids is 1. The van der Waals surface area contributed by atoms with Gasteiger partial charge in [0.05, 0.1) is 13.2 Å². The van der Waals surface area contributed by atoms with Crippen LogP contribution in [0.1, 0.15) is 5.56 Å². The van der Waals surface area contributed by atoms with Crippen LogP contribution in [0.15, 0.2) is 24.3 Å². The fourth-order valence-corrected chi connectivity index (χ4v) is 1.27. The SMILES string of the molecule is COCCNCC(=O)NCc1ccccc1F.Cl. The number of benzene rings is 1. The molecule has 0 bridgehead atoms. The first kappa shape index (κ1) is 16.8. The van der Waals surface area contributed by atoms with Crippen LogP contribution < -0.4 is 10.6 Å². The number of halogens is 2. The maximum Gasteiger partial charge on any atom is 0.234 e. The Labute approximate surface area is 112 Å². The molecule has 0 fully saturated rings. The lowest BCUT2D eigenvalue weighted by molar-refractivity contribution is -0.120. The molecule has 0 atom stereocenters. The van der Waals surface area contributed by atoms with Crippen LogP contribution in [0.2, 0.25) is 0 Å². The summed E-state index contributed by atoms with van der Waals surface area (Å²) in [5, 5.41) is 5.54. The Kier molecular flexibility index (Phi) is 9.18. The first-order valence-electron chi connectivity index (χ1n) is 5.44. The van der Waals surface area contributed by atoms with Crippen molar-refractivity contribution in [2.75, 3.05) is 26.8 Å². The molecule has 0 saturated carbocycles. The Morgan fingerprint density at radius 3 is 2.78 bits per heavy atom. The molecule has 1 aromatic rings. The standard InChI is InChI=1S/C12H17FN2O2.ClH/c1-17-7-6-14-9-12(16)15-8-10-4-2-3-5-11(10)13;/h2-5,14H,6-9H2,1H3,(H,15,16);1H. The second-order valence-electron chi connectivity index (χ2n) is 3.54. The van der Waals surface area contributed by atoms with Gasteiger partial charge in [-0.3, -0.25) is 4.79 Å². The van der Waals surface area contributed by atoms with Crippen molar-refractivity contribution in [1.82, 2.24) is 10.6 Å². The average Bonchev–Trinajstić information content (AvgIpc) is 2.34. The van der Waals surface area contributed by atoms with E-state index in [9.17, 15) is 9.18 Å². The van der Waals surface area contributed by atoms with E-state index in [1.54, 1.807) is 25.3 Å². The number of rotatable bonds is 7. The Hall–Kier alpha value is -1.17. The smallest absolute Gasteiger partial charge is 0.234 e. The molecule has 6 heteroatoms. The van der Waals surface area contributed by atoms with Crippen LogP contribution in [0.25, 0.3) is 0 Å². The Morgan fingerprint density at radius 1 is 1.39 bits per heavy atom. The van der Waals surface area contributed by atoms with E-state index in [-0.39, 0.29) is 37.2 Å². The molecular weight excluding hydrogens is 259 g/mol. The van der Waals surface area contributed by atoms with Gasteiger partial charge in [-0.15, -0.1) is 12.4 Å². The summed E-state index contributed by atoms with van der Waals surface area (Å²) in [6, 6.07) is 6.38. The molecule has 0 aliphatic heterocycles. The van der Waals surface area contributed by atoms with Gasteiger partial charge >= 0.3 is 0 Å². The molecule has 4 nitrogen and oxygen atoms in total. The van der Waals surface area contributed by atoms with Crippen LogP contribution in [0.4, 0.5) is 4.39 Å². The molecule has 0 spiro atoms. The first-order chi connectivity index (χ1) is 8.24. The minimum Gasteiger partial charge on any atom is -0.383 e. The van der Waals surface area contributed by atoms with E-state index in [1.807, 2.05) is 0 Å². The van der Waals surface area contributed by atoms with Crippen LogP contribution in [-0.2, 0) is 16.1 Å². The predicted molar refractivity (Wildman–Crippen MR) is 70.2 cm³/mol. The highest BCUT2D eigenvalue weighted by atomic mass is 35.5. The summed E-state index contributed by atoms with van der Waals surface area (Å²) in [7, 11) is 1.60. The molecule has 0 saturated heterocycles. The van der Waals surface area contributed by atoms with Crippen molar-refractivity contribution >= 4 is 18.3 Å². The van der Waals surface area contributed by atoms with E-state index in [2.05, 4.69) is 10.6 Å². The van der Waals surface area contributed by atoms with Gasteiger partial charge in [0.15, 0.2) is 0 Å². The number of ether oxygens (including phenoxy) is 1. The molecule has 102 valence electrons. The molecule has 0 heterocycles. The number of amides is 1. The summed E-state index contributed by atoms with van der Waals surface area (Å²) in [6.07, 6.45) is 0. The molecule has 1 amide bonds. The quantitative estimate of drug-likeness (QED) is 0.734. The number of hydrogen-bond donors (Lipinski definition) is 2. The van der Waals surface area contributed by atoms with Crippen molar-refractivity contribution in [1.29, 1.82) is 0 Å². The van der Waals surface area contributed by atoms with Crippen molar-refractivity contribution in [3.63, 3.8) is 0 Å². The zero-order valence-electron chi connectivity index (χ0n) is 10.2. The van der Waals surface area contributed by atoms with Crippen LogP contribution in [0.5, 0.6) is 0 Å². The molecule has 0 aromatic heterocycles. The van der Waals surface area contributed by atoms with E-state index in [4.69, 9.17) is 4.74 Å². The second-order valence-corrected chi connectivity index (χ2v) is 3.54. The van der Waals surface area contributed by atoms with Crippen LogP contribution >= 0.6 is 12.4 Å². The molecule has 0 radical (unpaired) electrons. The third-order valence-corrected chi connectivity index (χ3v) is 2.20. The lowest BCUT2D eigenvalue weighted by Crippen LogP contribution is -2.34. The van der Waals surface area contributed by atoms with Gasteiger partial charge in [-0.05, 0) is 6.07 Å². The van der Waals surface area contributed by atoms with Crippen molar-refractivity contribution in [3.8, 4) is 0 Å². The topological polar surface area (TPSA) is 50.4 Å². The third-order valence-electron chi connectivity index (χ3n) is 2.20. The summed E-state index contributed by atoms with van der Waals surface area (Å²) in [4.78, 5) is 11.4. The second kappa shape index (κ2) is 9.82. The van der Waals surface area contributed by atoms with Gasteiger partial charge < -0.3 is 15.4 Å². The van der Waals surface area contributed by atoms with E-state index in [0.29, 0.717) is 18.7 Å². The average molecular weight is 277 g/mol. The fourth-order valence-electron chi connectivity index (χ4n) is 1.27. The summed E-state index contributed by atoms with van der Waals surface area (Å²) in [5.41, 5.74) is 0.484. The van der Waals surface area contributed by atoms with Gasteiger partial charge in [0, 0.05) is 25.8 Å². The van der Waals surface area contributed by atoms with Crippen molar-refractivity contribution in [3.05, 3.63) is 35.6 Å². The largest absolute Gasteiger partial charge is 0.383 e. The molecule has 0 aliphatic carbocycles. The highest BCUT2D eigenvalue weighted by Gasteiger charge is 2.03. The number of hydrogen-bond acceptors (Lipinski definition) is 3. The Balaban J connectivity index is 0.00000289. The third kappa shape index (κ3) is 6.54.